The molecule has 1 aromatic heterocycles. The predicted octanol–water partition coefficient (Wildman–Crippen LogP) is 2.46. The molecule has 3 rings (SSSR count). The molecule has 5 heteroatoms. The zero-order valence-corrected chi connectivity index (χ0v) is 11.8. The number of hydrogen-bond donors (Lipinski definition) is 1. The molecule has 1 aliphatic carbocycles. The molecule has 0 amide bonds. The zero-order valence-electron chi connectivity index (χ0n) is 11.0. The van der Waals surface area contributed by atoms with Crippen molar-refractivity contribution >= 4 is 17.4 Å². The molecule has 2 aliphatic rings. The van der Waals surface area contributed by atoms with Gasteiger partial charge in [-0.15, -0.1) is 0 Å². The van der Waals surface area contributed by atoms with Crippen LogP contribution in [-0.2, 0) is 11.3 Å². The minimum Gasteiger partial charge on any atom is -0.384 e. The van der Waals surface area contributed by atoms with Crippen LogP contribution in [0.5, 0.6) is 0 Å². The lowest BCUT2D eigenvalue weighted by Crippen LogP contribution is -2.52. The summed E-state index contributed by atoms with van der Waals surface area (Å²) in [6, 6.07) is 4.09. The van der Waals surface area contributed by atoms with Gasteiger partial charge in [-0.1, -0.05) is 24.4 Å². The Balaban J connectivity index is 1.75. The van der Waals surface area contributed by atoms with Gasteiger partial charge in [0, 0.05) is 19.1 Å². The van der Waals surface area contributed by atoms with E-state index in [1.54, 1.807) is 6.07 Å². The van der Waals surface area contributed by atoms with Crippen LogP contribution in [-0.4, -0.2) is 35.2 Å². The Morgan fingerprint density at radius 3 is 3.11 bits per heavy atom. The molecule has 1 aromatic rings. The molecular weight excluding hydrogens is 262 g/mol. The second kappa shape index (κ2) is 5.65. The van der Waals surface area contributed by atoms with Crippen molar-refractivity contribution in [2.45, 2.75) is 44.4 Å². The predicted molar refractivity (Wildman–Crippen MR) is 76.1 cm³/mol. The van der Waals surface area contributed by atoms with Crippen LogP contribution >= 0.6 is 11.6 Å². The van der Waals surface area contributed by atoms with Crippen LogP contribution in [0.1, 0.15) is 31.4 Å². The van der Waals surface area contributed by atoms with Gasteiger partial charge in [0.2, 0.25) is 0 Å². The highest BCUT2D eigenvalue weighted by atomic mass is 35.5. The summed E-state index contributed by atoms with van der Waals surface area (Å²) in [7, 11) is 0. The number of ether oxygens (including phenoxy) is 1. The van der Waals surface area contributed by atoms with Crippen LogP contribution in [0, 0.1) is 0 Å². The Hall–Kier alpha value is -0.840. The first-order valence-electron chi connectivity index (χ1n) is 7.00. The van der Waals surface area contributed by atoms with E-state index in [4.69, 9.17) is 22.1 Å². The van der Waals surface area contributed by atoms with Gasteiger partial charge >= 0.3 is 0 Å². The van der Waals surface area contributed by atoms with E-state index in [-0.39, 0.29) is 0 Å². The lowest BCUT2D eigenvalue weighted by Gasteiger charge is -2.43. The van der Waals surface area contributed by atoms with Crippen molar-refractivity contribution in [2.75, 3.05) is 18.9 Å². The standard InChI is InChI=1S/C14H20ClN3O/c15-10-5-6-14(16)17-11(10)9-18-7-8-19-13-4-2-1-3-12(13)18/h5-6,12-13H,1-4,7-9H2,(H2,16,17). The molecular formula is C14H20ClN3O. The number of morpholine rings is 1. The highest BCUT2D eigenvalue weighted by Gasteiger charge is 2.34. The maximum atomic E-state index is 6.21. The topological polar surface area (TPSA) is 51.4 Å². The Labute approximate surface area is 118 Å². The molecule has 104 valence electrons. The van der Waals surface area contributed by atoms with Gasteiger partial charge in [-0.05, 0) is 25.0 Å². The number of nitrogen functional groups attached to an aromatic ring is 1. The Bertz CT molecular complexity index is 452. The molecule has 2 atom stereocenters. The molecule has 0 aromatic carbocycles. The fourth-order valence-electron chi connectivity index (χ4n) is 3.18. The third-order valence-corrected chi connectivity index (χ3v) is 4.48. The van der Waals surface area contributed by atoms with Crippen molar-refractivity contribution in [1.82, 2.24) is 9.88 Å². The largest absolute Gasteiger partial charge is 0.384 e. The number of nitrogens with two attached hydrogens (primary N) is 1. The van der Waals surface area contributed by atoms with Crippen molar-refractivity contribution in [3.63, 3.8) is 0 Å². The molecule has 4 nitrogen and oxygen atoms in total. The Kier molecular flexibility index (Phi) is 3.91. The van der Waals surface area contributed by atoms with Gasteiger partial charge in [0.15, 0.2) is 0 Å². The van der Waals surface area contributed by atoms with Crippen LogP contribution in [0.3, 0.4) is 0 Å². The third-order valence-electron chi connectivity index (χ3n) is 4.14. The number of rotatable bonds is 2. The van der Waals surface area contributed by atoms with Crippen molar-refractivity contribution in [3.8, 4) is 0 Å². The molecule has 2 N–H and O–H groups in total. The summed E-state index contributed by atoms with van der Waals surface area (Å²) < 4.78 is 5.88. The molecule has 1 saturated carbocycles. The van der Waals surface area contributed by atoms with E-state index >= 15 is 0 Å². The van der Waals surface area contributed by atoms with Crippen molar-refractivity contribution in [1.29, 1.82) is 0 Å². The van der Waals surface area contributed by atoms with Gasteiger partial charge < -0.3 is 10.5 Å². The van der Waals surface area contributed by atoms with E-state index in [0.717, 1.165) is 25.4 Å². The maximum absolute atomic E-state index is 6.21. The molecule has 2 fully saturated rings. The van der Waals surface area contributed by atoms with Crippen LogP contribution in [0.15, 0.2) is 12.1 Å². The first-order valence-corrected chi connectivity index (χ1v) is 7.38. The summed E-state index contributed by atoms with van der Waals surface area (Å²) in [4.78, 5) is 6.83. The fraction of sp³-hybridized carbons (Fsp3) is 0.643. The molecule has 19 heavy (non-hydrogen) atoms. The van der Waals surface area contributed by atoms with E-state index in [2.05, 4.69) is 9.88 Å². The van der Waals surface area contributed by atoms with Crippen LogP contribution < -0.4 is 5.73 Å². The minimum absolute atomic E-state index is 0.391. The average molecular weight is 282 g/mol. The molecule has 0 spiro atoms. The van der Waals surface area contributed by atoms with Gasteiger partial charge in [-0.3, -0.25) is 4.90 Å². The highest BCUT2D eigenvalue weighted by molar-refractivity contribution is 6.31. The van der Waals surface area contributed by atoms with E-state index in [9.17, 15) is 0 Å². The summed E-state index contributed by atoms with van der Waals surface area (Å²) in [6.45, 7) is 2.53. The fourth-order valence-corrected chi connectivity index (χ4v) is 3.34. The first kappa shape index (κ1) is 13.2. The monoisotopic (exact) mass is 281 g/mol. The third kappa shape index (κ3) is 2.86. The van der Waals surface area contributed by atoms with E-state index in [1.165, 1.54) is 25.7 Å². The van der Waals surface area contributed by atoms with Gasteiger partial charge in [0.1, 0.15) is 5.82 Å². The van der Waals surface area contributed by atoms with E-state index in [0.29, 0.717) is 23.0 Å². The number of aromatic nitrogens is 1. The van der Waals surface area contributed by atoms with Crippen LogP contribution in [0.2, 0.25) is 5.02 Å². The second-order valence-corrected chi connectivity index (χ2v) is 5.80. The summed E-state index contributed by atoms with van der Waals surface area (Å²) in [5.74, 6) is 0.535. The van der Waals surface area contributed by atoms with Gasteiger partial charge in [-0.2, -0.15) is 0 Å². The second-order valence-electron chi connectivity index (χ2n) is 5.40. The van der Waals surface area contributed by atoms with E-state index < -0.39 is 0 Å². The zero-order chi connectivity index (χ0) is 13.2. The lowest BCUT2D eigenvalue weighted by atomic mass is 9.90. The molecule has 1 aliphatic heterocycles. The number of pyridine rings is 1. The number of fused-ring (bicyclic) bond motifs is 1. The number of nitrogens with zero attached hydrogens (tertiary/aromatic N) is 2. The van der Waals surface area contributed by atoms with Gasteiger partial charge in [0.25, 0.3) is 0 Å². The normalized spacial score (nSPS) is 28.1. The minimum atomic E-state index is 0.391. The molecule has 0 bridgehead atoms. The average Bonchev–Trinajstić information content (AvgIpc) is 2.43. The molecule has 1 saturated heterocycles. The van der Waals surface area contributed by atoms with E-state index in [1.807, 2.05) is 6.07 Å². The van der Waals surface area contributed by atoms with Crippen molar-refractivity contribution < 1.29 is 4.74 Å². The first-order chi connectivity index (χ1) is 9.24. The lowest BCUT2D eigenvalue weighted by molar-refractivity contribution is -0.0914. The SMILES string of the molecule is Nc1ccc(Cl)c(CN2CCOC3CCCCC32)n1. The Morgan fingerprint density at radius 2 is 2.21 bits per heavy atom. The number of halogens is 1. The van der Waals surface area contributed by atoms with Crippen LogP contribution in [0.4, 0.5) is 5.82 Å². The molecule has 2 heterocycles. The quantitative estimate of drug-likeness (QED) is 0.905. The maximum Gasteiger partial charge on any atom is 0.123 e. The molecule has 0 radical (unpaired) electrons. The summed E-state index contributed by atoms with van der Waals surface area (Å²) in [5, 5.41) is 0.702. The van der Waals surface area contributed by atoms with Crippen LogP contribution in [0.25, 0.3) is 0 Å². The van der Waals surface area contributed by atoms with Crippen molar-refractivity contribution in [3.05, 3.63) is 22.8 Å². The summed E-state index contributed by atoms with van der Waals surface area (Å²) in [5.41, 5.74) is 6.63. The Morgan fingerprint density at radius 1 is 1.37 bits per heavy atom. The highest BCUT2D eigenvalue weighted by Crippen LogP contribution is 2.30. The number of hydrogen-bond acceptors (Lipinski definition) is 4. The van der Waals surface area contributed by atoms with Crippen molar-refractivity contribution in [2.24, 2.45) is 0 Å². The summed E-state index contributed by atoms with van der Waals surface area (Å²) in [6.07, 6.45) is 5.36. The summed E-state index contributed by atoms with van der Waals surface area (Å²) >= 11 is 6.21. The smallest absolute Gasteiger partial charge is 0.123 e. The molecule has 2 unspecified atom stereocenters. The van der Waals surface area contributed by atoms with Gasteiger partial charge in [-0.25, -0.2) is 4.98 Å². The van der Waals surface area contributed by atoms with Gasteiger partial charge in [0.05, 0.1) is 23.4 Å². The number of anilines is 1.